The van der Waals surface area contributed by atoms with Crippen LogP contribution in [0.1, 0.15) is 37.2 Å². The standard InChI is InChI=1S/C15H19FN2O/c16-10-6-4-9(5-7-10)11-2-1-3-12(11)14-8-13(17)15(19)18-14/h4-7,11-14H,1-3,8,17H2,(H,18,19)/t11-,12?,13?,14+/m0/s1. The maximum Gasteiger partial charge on any atom is 0.237 e. The molecular weight excluding hydrogens is 243 g/mol. The Morgan fingerprint density at radius 3 is 2.58 bits per heavy atom. The van der Waals surface area contributed by atoms with Crippen LogP contribution in [0.25, 0.3) is 0 Å². The molecule has 3 rings (SSSR count). The zero-order valence-corrected chi connectivity index (χ0v) is 10.8. The Labute approximate surface area is 112 Å². The van der Waals surface area contributed by atoms with E-state index in [0.29, 0.717) is 11.8 Å². The summed E-state index contributed by atoms with van der Waals surface area (Å²) in [6, 6.07) is 6.59. The number of rotatable bonds is 2. The molecule has 1 aromatic rings. The minimum atomic E-state index is -0.362. The second-order valence-corrected chi connectivity index (χ2v) is 5.71. The van der Waals surface area contributed by atoms with Crippen molar-refractivity contribution in [1.82, 2.24) is 5.32 Å². The maximum atomic E-state index is 13.0. The quantitative estimate of drug-likeness (QED) is 0.855. The highest BCUT2D eigenvalue weighted by Crippen LogP contribution is 2.43. The third-order valence-electron chi connectivity index (χ3n) is 4.56. The molecule has 2 unspecified atom stereocenters. The Balaban J connectivity index is 1.78. The largest absolute Gasteiger partial charge is 0.352 e. The van der Waals surface area contributed by atoms with Gasteiger partial charge in [0.1, 0.15) is 5.82 Å². The SMILES string of the molecule is NC1C[C@H](C2CCC[C@H]2c2ccc(F)cc2)NC1=O. The van der Waals surface area contributed by atoms with E-state index < -0.39 is 0 Å². The van der Waals surface area contributed by atoms with Crippen LogP contribution in [-0.4, -0.2) is 18.0 Å². The summed E-state index contributed by atoms with van der Waals surface area (Å²) in [6.07, 6.45) is 4.10. The van der Waals surface area contributed by atoms with Gasteiger partial charge in [0.2, 0.25) is 5.91 Å². The fourth-order valence-corrected chi connectivity index (χ4v) is 3.61. The molecule has 0 spiro atoms. The summed E-state index contributed by atoms with van der Waals surface area (Å²) in [7, 11) is 0. The summed E-state index contributed by atoms with van der Waals surface area (Å²) in [4.78, 5) is 11.5. The number of carbonyl (C=O) groups is 1. The van der Waals surface area contributed by atoms with Crippen molar-refractivity contribution in [2.45, 2.75) is 43.7 Å². The van der Waals surface area contributed by atoms with Gasteiger partial charge in [0.25, 0.3) is 0 Å². The number of amides is 1. The molecule has 4 heteroatoms. The molecule has 1 aliphatic carbocycles. The Morgan fingerprint density at radius 1 is 1.21 bits per heavy atom. The number of nitrogens with one attached hydrogen (secondary N) is 1. The molecule has 0 aromatic heterocycles. The highest BCUT2D eigenvalue weighted by molar-refractivity contribution is 5.84. The predicted molar refractivity (Wildman–Crippen MR) is 71.0 cm³/mol. The number of benzene rings is 1. The van der Waals surface area contributed by atoms with Gasteiger partial charge < -0.3 is 11.1 Å². The first-order valence-electron chi connectivity index (χ1n) is 6.96. The molecule has 2 fully saturated rings. The van der Waals surface area contributed by atoms with E-state index in [1.54, 1.807) is 0 Å². The molecule has 3 N–H and O–H groups in total. The lowest BCUT2D eigenvalue weighted by Gasteiger charge is -2.25. The van der Waals surface area contributed by atoms with Gasteiger partial charge in [0.05, 0.1) is 6.04 Å². The van der Waals surface area contributed by atoms with Crippen LogP contribution < -0.4 is 11.1 Å². The molecule has 0 radical (unpaired) electrons. The van der Waals surface area contributed by atoms with Gasteiger partial charge >= 0.3 is 0 Å². The molecule has 102 valence electrons. The van der Waals surface area contributed by atoms with Crippen molar-refractivity contribution in [1.29, 1.82) is 0 Å². The first kappa shape index (κ1) is 12.6. The molecule has 1 saturated carbocycles. The van der Waals surface area contributed by atoms with E-state index in [0.717, 1.165) is 25.7 Å². The van der Waals surface area contributed by atoms with E-state index in [2.05, 4.69) is 5.32 Å². The second-order valence-electron chi connectivity index (χ2n) is 5.71. The van der Waals surface area contributed by atoms with Gasteiger partial charge in [0, 0.05) is 6.04 Å². The van der Waals surface area contributed by atoms with Gasteiger partial charge in [-0.15, -0.1) is 0 Å². The molecular formula is C15H19FN2O. The van der Waals surface area contributed by atoms with Crippen molar-refractivity contribution in [2.75, 3.05) is 0 Å². The Hall–Kier alpha value is -1.42. The Kier molecular flexibility index (Phi) is 3.27. The van der Waals surface area contributed by atoms with Crippen molar-refractivity contribution in [2.24, 2.45) is 11.7 Å². The van der Waals surface area contributed by atoms with Crippen LogP contribution in [-0.2, 0) is 4.79 Å². The number of halogens is 1. The first-order valence-corrected chi connectivity index (χ1v) is 6.96. The van der Waals surface area contributed by atoms with Crippen LogP contribution in [0.4, 0.5) is 4.39 Å². The van der Waals surface area contributed by atoms with Gasteiger partial charge in [-0.1, -0.05) is 18.6 Å². The highest BCUT2D eigenvalue weighted by Gasteiger charge is 2.40. The predicted octanol–water partition coefficient (Wildman–Crippen LogP) is 1.93. The molecule has 1 aliphatic heterocycles. The first-order chi connectivity index (χ1) is 9.15. The molecule has 1 amide bonds. The zero-order valence-electron chi connectivity index (χ0n) is 10.8. The molecule has 1 aromatic carbocycles. The fourth-order valence-electron chi connectivity index (χ4n) is 3.61. The highest BCUT2D eigenvalue weighted by atomic mass is 19.1. The maximum absolute atomic E-state index is 13.0. The van der Waals surface area contributed by atoms with E-state index in [1.165, 1.54) is 17.7 Å². The van der Waals surface area contributed by atoms with Crippen molar-refractivity contribution >= 4 is 5.91 Å². The Morgan fingerprint density at radius 2 is 1.95 bits per heavy atom. The van der Waals surface area contributed by atoms with Gasteiger partial charge in [-0.25, -0.2) is 4.39 Å². The van der Waals surface area contributed by atoms with Crippen LogP contribution >= 0.6 is 0 Å². The lowest BCUT2D eigenvalue weighted by atomic mass is 9.83. The van der Waals surface area contributed by atoms with Crippen LogP contribution in [0.2, 0.25) is 0 Å². The lowest BCUT2D eigenvalue weighted by Crippen LogP contribution is -2.35. The molecule has 3 nitrogen and oxygen atoms in total. The third kappa shape index (κ3) is 2.37. The summed E-state index contributed by atoms with van der Waals surface area (Å²) in [5.41, 5.74) is 6.96. The minimum Gasteiger partial charge on any atom is -0.352 e. The summed E-state index contributed by atoms with van der Waals surface area (Å²) in [5.74, 6) is 0.614. The molecule has 1 heterocycles. The van der Waals surface area contributed by atoms with Crippen LogP contribution in [0.3, 0.4) is 0 Å². The summed E-state index contributed by atoms with van der Waals surface area (Å²) < 4.78 is 13.0. The third-order valence-corrected chi connectivity index (χ3v) is 4.56. The minimum absolute atomic E-state index is 0.0326. The van der Waals surface area contributed by atoms with E-state index in [1.807, 2.05) is 12.1 Å². The number of nitrogens with two attached hydrogens (primary N) is 1. The zero-order chi connectivity index (χ0) is 13.4. The van der Waals surface area contributed by atoms with Gasteiger partial charge in [-0.3, -0.25) is 4.79 Å². The monoisotopic (exact) mass is 262 g/mol. The lowest BCUT2D eigenvalue weighted by molar-refractivity contribution is -0.120. The van der Waals surface area contributed by atoms with Crippen molar-refractivity contribution in [3.63, 3.8) is 0 Å². The van der Waals surface area contributed by atoms with Gasteiger partial charge in [-0.05, 0) is 48.8 Å². The Bertz CT molecular complexity index is 474. The number of hydrogen-bond acceptors (Lipinski definition) is 2. The molecule has 0 bridgehead atoms. The average molecular weight is 262 g/mol. The summed E-state index contributed by atoms with van der Waals surface area (Å²) in [6.45, 7) is 0. The fraction of sp³-hybridized carbons (Fsp3) is 0.533. The number of carbonyl (C=O) groups excluding carboxylic acids is 1. The molecule has 4 atom stereocenters. The summed E-state index contributed by atoms with van der Waals surface area (Å²) in [5, 5.41) is 3.02. The van der Waals surface area contributed by atoms with Gasteiger partial charge in [0.15, 0.2) is 0 Å². The van der Waals surface area contributed by atoms with Crippen LogP contribution in [0, 0.1) is 11.7 Å². The van der Waals surface area contributed by atoms with Crippen LogP contribution in [0.15, 0.2) is 24.3 Å². The van der Waals surface area contributed by atoms with E-state index in [4.69, 9.17) is 5.73 Å². The average Bonchev–Trinajstić information content (AvgIpc) is 2.98. The van der Waals surface area contributed by atoms with E-state index >= 15 is 0 Å². The van der Waals surface area contributed by atoms with Crippen molar-refractivity contribution < 1.29 is 9.18 Å². The molecule has 19 heavy (non-hydrogen) atoms. The van der Waals surface area contributed by atoms with Crippen molar-refractivity contribution in [3.8, 4) is 0 Å². The number of hydrogen-bond donors (Lipinski definition) is 2. The van der Waals surface area contributed by atoms with Crippen LogP contribution in [0.5, 0.6) is 0 Å². The normalized spacial score (nSPS) is 34.5. The van der Waals surface area contributed by atoms with E-state index in [9.17, 15) is 9.18 Å². The second kappa shape index (κ2) is 4.93. The van der Waals surface area contributed by atoms with Gasteiger partial charge in [-0.2, -0.15) is 0 Å². The smallest absolute Gasteiger partial charge is 0.237 e. The van der Waals surface area contributed by atoms with Crippen molar-refractivity contribution in [3.05, 3.63) is 35.6 Å². The van der Waals surface area contributed by atoms with E-state index in [-0.39, 0.29) is 23.8 Å². The summed E-state index contributed by atoms with van der Waals surface area (Å²) >= 11 is 0. The molecule has 2 aliphatic rings. The molecule has 1 saturated heterocycles. The topological polar surface area (TPSA) is 55.1 Å².